The highest BCUT2D eigenvalue weighted by Gasteiger charge is 2.34. The first-order valence-corrected chi connectivity index (χ1v) is 13.9. The van der Waals surface area contributed by atoms with Gasteiger partial charge in [0.05, 0.1) is 23.1 Å². The van der Waals surface area contributed by atoms with Crippen molar-refractivity contribution in [2.45, 2.75) is 20.5 Å². The van der Waals surface area contributed by atoms with E-state index in [9.17, 15) is 14.7 Å². The molecular weight excluding hydrogens is 573 g/mol. The minimum Gasteiger partial charge on any atom is -0.506 e. The van der Waals surface area contributed by atoms with E-state index in [1.165, 1.54) is 0 Å². The van der Waals surface area contributed by atoms with Gasteiger partial charge < -0.3 is 19.3 Å². The number of carbonyl (C=O) groups excluding carboxylic acids is 2. The Morgan fingerprint density at radius 1 is 0.975 bits per heavy atom. The first-order valence-electron chi connectivity index (χ1n) is 12.3. The fraction of sp³-hybridized carbons (Fsp3) is 0.167. The summed E-state index contributed by atoms with van der Waals surface area (Å²) in [5.41, 5.74) is 1.63. The third-order valence-corrected chi connectivity index (χ3v) is 7.07. The van der Waals surface area contributed by atoms with Gasteiger partial charge in [0.2, 0.25) is 0 Å². The third kappa shape index (κ3) is 7.07. The molecule has 4 rings (SSSR count). The van der Waals surface area contributed by atoms with E-state index in [2.05, 4.69) is 4.99 Å². The second-order valence-electron chi connectivity index (χ2n) is 8.32. The van der Waals surface area contributed by atoms with E-state index in [0.29, 0.717) is 34.3 Å². The van der Waals surface area contributed by atoms with E-state index >= 15 is 0 Å². The van der Waals surface area contributed by atoms with Gasteiger partial charge in [0.25, 0.3) is 5.91 Å². The zero-order valence-electron chi connectivity index (χ0n) is 21.6. The fourth-order valence-corrected chi connectivity index (χ4v) is 5.10. The van der Waals surface area contributed by atoms with Crippen molar-refractivity contribution in [3.63, 3.8) is 0 Å². The summed E-state index contributed by atoms with van der Waals surface area (Å²) in [4.78, 5) is 29.8. The number of hydrogen-bond acceptors (Lipinski definition) is 7. The fourth-order valence-electron chi connectivity index (χ4n) is 3.69. The van der Waals surface area contributed by atoms with Gasteiger partial charge in [0, 0.05) is 10.6 Å². The summed E-state index contributed by atoms with van der Waals surface area (Å²) >= 11 is 13.5. The molecule has 0 aromatic heterocycles. The zero-order valence-corrected chi connectivity index (χ0v) is 24.0. The molecule has 1 N–H and O–H groups in total. The monoisotopic (exact) mass is 597 g/mol. The van der Waals surface area contributed by atoms with Crippen molar-refractivity contribution in [3.05, 3.63) is 110 Å². The first-order chi connectivity index (χ1) is 19.3. The predicted molar refractivity (Wildman–Crippen MR) is 158 cm³/mol. The largest absolute Gasteiger partial charge is 0.506 e. The number of aliphatic imine (C=N–C) groups is 1. The lowest BCUT2D eigenvalue weighted by atomic mass is 10.1. The van der Waals surface area contributed by atoms with Crippen LogP contribution in [0.2, 0.25) is 10.0 Å². The SMILES string of the molecule is CCOC(=O)C1=C(O)/C(=C/c2cc(Cl)c(OCc3ccc(Cl)cc3)c(OCC)c2)SC1=NC(=O)c1ccccc1. The molecule has 3 aromatic carbocycles. The summed E-state index contributed by atoms with van der Waals surface area (Å²) in [6.07, 6.45) is 1.62. The second-order valence-corrected chi connectivity index (χ2v) is 10.2. The molecule has 1 amide bonds. The van der Waals surface area contributed by atoms with Gasteiger partial charge in [0.15, 0.2) is 11.5 Å². The highest BCUT2D eigenvalue weighted by molar-refractivity contribution is 8.18. The van der Waals surface area contributed by atoms with Gasteiger partial charge in [-0.1, -0.05) is 65.3 Å². The molecule has 10 heteroatoms. The van der Waals surface area contributed by atoms with Crippen molar-refractivity contribution in [2.75, 3.05) is 13.2 Å². The number of thioether (sulfide) groups is 1. The van der Waals surface area contributed by atoms with Gasteiger partial charge in [-0.25, -0.2) is 9.79 Å². The van der Waals surface area contributed by atoms with Gasteiger partial charge in [-0.15, -0.1) is 0 Å². The number of benzene rings is 3. The van der Waals surface area contributed by atoms with Crippen LogP contribution in [0.3, 0.4) is 0 Å². The van der Waals surface area contributed by atoms with Crippen molar-refractivity contribution in [1.29, 1.82) is 0 Å². The molecule has 0 saturated carbocycles. The summed E-state index contributed by atoms with van der Waals surface area (Å²) in [5.74, 6) is -0.916. The lowest BCUT2D eigenvalue weighted by molar-refractivity contribution is -0.138. The molecule has 0 saturated heterocycles. The van der Waals surface area contributed by atoms with Crippen LogP contribution in [0.15, 0.2) is 88.0 Å². The maximum absolute atomic E-state index is 12.7. The molecule has 0 fully saturated rings. The number of carbonyl (C=O) groups is 2. The number of ether oxygens (including phenoxy) is 3. The third-order valence-electron chi connectivity index (χ3n) is 5.52. The van der Waals surface area contributed by atoms with Crippen LogP contribution in [0.25, 0.3) is 6.08 Å². The van der Waals surface area contributed by atoms with E-state index in [1.807, 2.05) is 19.1 Å². The number of aliphatic hydroxyl groups is 1. The van der Waals surface area contributed by atoms with Crippen molar-refractivity contribution in [2.24, 2.45) is 4.99 Å². The van der Waals surface area contributed by atoms with E-state index in [0.717, 1.165) is 17.3 Å². The van der Waals surface area contributed by atoms with Crippen molar-refractivity contribution < 1.29 is 28.9 Å². The molecule has 0 unspecified atom stereocenters. The van der Waals surface area contributed by atoms with Crippen LogP contribution in [0, 0.1) is 0 Å². The van der Waals surface area contributed by atoms with Gasteiger partial charge in [0.1, 0.15) is 23.0 Å². The van der Waals surface area contributed by atoms with Gasteiger partial charge in [-0.3, -0.25) is 4.79 Å². The molecule has 0 atom stereocenters. The second kappa shape index (κ2) is 13.6. The number of hydrogen-bond donors (Lipinski definition) is 1. The predicted octanol–water partition coefficient (Wildman–Crippen LogP) is 7.67. The van der Waals surface area contributed by atoms with Crippen LogP contribution < -0.4 is 9.47 Å². The van der Waals surface area contributed by atoms with Crippen molar-refractivity contribution in [1.82, 2.24) is 0 Å². The maximum atomic E-state index is 12.7. The smallest absolute Gasteiger partial charge is 0.344 e. The Balaban J connectivity index is 1.67. The molecule has 0 radical (unpaired) electrons. The van der Waals surface area contributed by atoms with Gasteiger partial charge in [-0.2, -0.15) is 0 Å². The Morgan fingerprint density at radius 2 is 1.70 bits per heavy atom. The number of halogens is 2. The lowest BCUT2D eigenvalue weighted by Crippen LogP contribution is -2.14. The average molecular weight is 599 g/mol. The van der Waals surface area contributed by atoms with Crippen LogP contribution in [-0.4, -0.2) is 35.2 Å². The molecule has 7 nitrogen and oxygen atoms in total. The highest BCUT2D eigenvalue weighted by atomic mass is 35.5. The summed E-state index contributed by atoms with van der Waals surface area (Å²) in [6, 6.07) is 19.0. The Labute approximate surface area is 246 Å². The molecule has 1 aliphatic heterocycles. The van der Waals surface area contributed by atoms with Crippen LogP contribution in [0.5, 0.6) is 11.5 Å². The van der Waals surface area contributed by atoms with Crippen molar-refractivity contribution in [3.8, 4) is 11.5 Å². The first kappa shape index (κ1) is 29.3. The van der Waals surface area contributed by atoms with Crippen LogP contribution in [-0.2, 0) is 16.1 Å². The number of esters is 1. The molecule has 40 heavy (non-hydrogen) atoms. The number of amides is 1. The number of aliphatic hydroxyl groups excluding tert-OH is 1. The van der Waals surface area contributed by atoms with Gasteiger partial charge in [-0.05, 0) is 67.4 Å². The maximum Gasteiger partial charge on any atom is 0.344 e. The Morgan fingerprint density at radius 3 is 2.38 bits per heavy atom. The normalized spacial score (nSPS) is 15.0. The van der Waals surface area contributed by atoms with Crippen LogP contribution in [0.4, 0.5) is 0 Å². The quantitative estimate of drug-likeness (QED) is 0.253. The van der Waals surface area contributed by atoms with E-state index in [4.69, 9.17) is 37.4 Å². The van der Waals surface area contributed by atoms with Crippen LogP contribution in [0.1, 0.15) is 35.3 Å². The molecule has 206 valence electrons. The van der Waals surface area contributed by atoms with Crippen LogP contribution >= 0.6 is 35.0 Å². The summed E-state index contributed by atoms with van der Waals surface area (Å²) in [7, 11) is 0. The minimum atomic E-state index is -0.783. The topological polar surface area (TPSA) is 94.4 Å². The Bertz CT molecular complexity index is 1500. The minimum absolute atomic E-state index is 0.0371. The zero-order chi connectivity index (χ0) is 28.6. The summed E-state index contributed by atoms with van der Waals surface area (Å²) < 4.78 is 16.9. The van der Waals surface area contributed by atoms with Crippen molar-refractivity contribution >= 4 is 58.0 Å². The summed E-state index contributed by atoms with van der Waals surface area (Å²) in [6.45, 7) is 4.17. The number of nitrogens with zero attached hydrogens (tertiary/aromatic N) is 1. The number of rotatable bonds is 9. The summed E-state index contributed by atoms with van der Waals surface area (Å²) in [5, 5.41) is 11.9. The lowest BCUT2D eigenvalue weighted by Gasteiger charge is -2.15. The molecule has 1 heterocycles. The van der Waals surface area contributed by atoms with E-state index < -0.39 is 11.9 Å². The Kier molecular flexibility index (Phi) is 9.93. The van der Waals surface area contributed by atoms with Gasteiger partial charge >= 0.3 is 5.97 Å². The molecule has 1 aliphatic rings. The van der Waals surface area contributed by atoms with E-state index in [1.54, 1.807) is 67.6 Å². The molecule has 0 aliphatic carbocycles. The molecular formula is C30H25Cl2NO6S. The molecule has 0 spiro atoms. The standard InChI is InChI=1S/C30H25Cl2NO6S/c1-3-37-23-15-19(14-22(32)27(23)39-17-18-10-12-21(31)13-11-18)16-24-26(34)25(30(36)38-4-2)29(40-24)33-28(35)20-8-6-5-7-9-20/h5-16,34H,3-4,17H2,1-2H3/b24-16-,33-29?. The molecule has 0 bridgehead atoms. The molecule has 3 aromatic rings. The Hall–Kier alpha value is -3.72. The highest BCUT2D eigenvalue weighted by Crippen LogP contribution is 2.42. The average Bonchev–Trinajstić information content (AvgIpc) is 3.24. The van der Waals surface area contributed by atoms with E-state index in [-0.39, 0.29) is 39.5 Å².